The summed E-state index contributed by atoms with van der Waals surface area (Å²) in [6.07, 6.45) is 1.56. The summed E-state index contributed by atoms with van der Waals surface area (Å²) in [6.45, 7) is 3.48. The second-order valence-corrected chi connectivity index (χ2v) is 4.97. The molecule has 0 saturated carbocycles. The number of aliphatic hydroxyl groups is 1. The Hall–Kier alpha value is -2.26. The molecule has 0 fully saturated rings. The van der Waals surface area contributed by atoms with Gasteiger partial charge in [0.2, 0.25) is 0 Å². The van der Waals surface area contributed by atoms with Gasteiger partial charge in [-0.05, 0) is 47.7 Å². The Morgan fingerprint density at radius 1 is 1.10 bits per heavy atom. The molecule has 3 heteroatoms. The van der Waals surface area contributed by atoms with Crippen LogP contribution in [-0.2, 0) is 13.0 Å². The molecule has 0 aliphatic rings. The lowest BCUT2D eigenvalue weighted by Crippen LogP contribution is -1.99. The molecular weight excluding hydrogens is 264 g/mol. The molecule has 0 atom stereocenters. The van der Waals surface area contributed by atoms with Crippen LogP contribution >= 0.6 is 0 Å². The molecule has 21 heavy (non-hydrogen) atoms. The van der Waals surface area contributed by atoms with E-state index in [0.29, 0.717) is 17.4 Å². The van der Waals surface area contributed by atoms with E-state index in [0.717, 1.165) is 28.7 Å². The number of hydrogen-bond acceptors (Lipinski definition) is 3. The Morgan fingerprint density at radius 3 is 2.33 bits per heavy atom. The third-order valence-electron chi connectivity index (χ3n) is 3.65. The minimum absolute atomic E-state index is 0.0108. The van der Waals surface area contributed by atoms with Crippen LogP contribution in [-0.4, -0.2) is 17.2 Å². The fourth-order valence-electron chi connectivity index (χ4n) is 2.46. The topological polar surface area (TPSA) is 54.4 Å². The molecule has 0 radical (unpaired) electrons. The van der Waals surface area contributed by atoms with Crippen LogP contribution < -0.4 is 0 Å². The Labute approximate surface area is 124 Å². The fraction of sp³-hybridized carbons (Fsp3) is 0.222. The van der Waals surface area contributed by atoms with E-state index in [1.807, 2.05) is 31.2 Å². The molecule has 0 saturated heterocycles. The van der Waals surface area contributed by atoms with Crippen LogP contribution in [0.15, 0.2) is 36.4 Å². The van der Waals surface area contributed by atoms with E-state index in [1.165, 1.54) is 6.92 Å². The molecule has 0 bridgehead atoms. The van der Waals surface area contributed by atoms with Crippen LogP contribution in [0.3, 0.4) is 0 Å². The highest BCUT2D eigenvalue weighted by Gasteiger charge is 2.09. The Bertz CT molecular complexity index is 687. The molecule has 2 aromatic rings. The van der Waals surface area contributed by atoms with Gasteiger partial charge in [0.15, 0.2) is 12.1 Å². The van der Waals surface area contributed by atoms with Crippen LogP contribution in [0.1, 0.15) is 45.7 Å². The molecule has 0 aromatic heterocycles. The van der Waals surface area contributed by atoms with Crippen LogP contribution in [0.5, 0.6) is 0 Å². The molecule has 2 aromatic carbocycles. The van der Waals surface area contributed by atoms with Crippen LogP contribution in [0, 0.1) is 0 Å². The van der Waals surface area contributed by atoms with Gasteiger partial charge < -0.3 is 5.11 Å². The summed E-state index contributed by atoms with van der Waals surface area (Å²) in [5.41, 5.74) is 4.61. The smallest absolute Gasteiger partial charge is 0.160 e. The van der Waals surface area contributed by atoms with Crippen LogP contribution in [0.2, 0.25) is 0 Å². The minimum atomic E-state index is -0.124. The van der Waals surface area contributed by atoms with Gasteiger partial charge >= 0.3 is 0 Å². The summed E-state index contributed by atoms with van der Waals surface area (Å²) in [5.74, 6) is -0.124. The average Bonchev–Trinajstić information content (AvgIpc) is 2.53. The van der Waals surface area contributed by atoms with E-state index in [9.17, 15) is 14.7 Å². The van der Waals surface area contributed by atoms with E-state index in [2.05, 4.69) is 0 Å². The fourth-order valence-corrected chi connectivity index (χ4v) is 2.46. The van der Waals surface area contributed by atoms with Crippen molar-refractivity contribution in [3.8, 4) is 11.1 Å². The van der Waals surface area contributed by atoms with Crippen molar-refractivity contribution in [2.24, 2.45) is 0 Å². The summed E-state index contributed by atoms with van der Waals surface area (Å²) in [5, 5.41) is 9.44. The zero-order valence-corrected chi connectivity index (χ0v) is 12.2. The van der Waals surface area contributed by atoms with E-state index < -0.39 is 0 Å². The number of hydrogen-bond donors (Lipinski definition) is 1. The number of benzene rings is 2. The zero-order chi connectivity index (χ0) is 15.4. The van der Waals surface area contributed by atoms with Crippen molar-refractivity contribution < 1.29 is 14.7 Å². The molecule has 0 heterocycles. The first-order valence-corrected chi connectivity index (χ1v) is 6.94. The number of carbonyl (C=O) groups excluding carboxylic acids is 2. The molecule has 1 N–H and O–H groups in total. The van der Waals surface area contributed by atoms with Crippen molar-refractivity contribution in [1.29, 1.82) is 0 Å². The molecule has 108 valence electrons. The van der Waals surface area contributed by atoms with Gasteiger partial charge in [0.25, 0.3) is 0 Å². The lowest BCUT2D eigenvalue weighted by atomic mass is 9.95. The van der Waals surface area contributed by atoms with Crippen molar-refractivity contribution in [3.63, 3.8) is 0 Å². The first-order valence-electron chi connectivity index (χ1n) is 6.94. The highest BCUT2D eigenvalue weighted by atomic mass is 16.3. The second kappa shape index (κ2) is 6.46. The molecule has 0 aliphatic heterocycles. The van der Waals surface area contributed by atoms with Crippen molar-refractivity contribution in [1.82, 2.24) is 0 Å². The summed E-state index contributed by atoms with van der Waals surface area (Å²) in [4.78, 5) is 22.6. The number of carbonyl (C=O) groups is 2. The van der Waals surface area contributed by atoms with Crippen molar-refractivity contribution in [2.45, 2.75) is 26.9 Å². The van der Waals surface area contributed by atoms with E-state index in [4.69, 9.17) is 0 Å². The van der Waals surface area contributed by atoms with Gasteiger partial charge in [-0.15, -0.1) is 0 Å². The van der Waals surface area contributed by atoms with Gasteiger partial charge in [-0.3, -0.25) is 9.59 Å². The number of rotatable bonds is 5. The lowest BCUT2D eigenvalue weighted by molar-refractivity contribution is 0.101. The molecular formula is C18H18O3. The third-order valence-corrected chi connectivity index (χ3v) is 3.65. The monoisotopic (exact) mass is 282 g/mol. The van der Waals surface area contributed by atoms with Gasteiger partial charge in [0.05, 0.1) is 6.61 Å². The van der Waals surface area contributed by atoms with E-state index >= 15 is 0 Å². The third kappa shape index (κ3) is 3.09. The van der Waals surface area contributed by atoms with Gasteiger partial charge in [0.1, 0.15) is 0 Å². The lowest BCUT2D eigenvalue weighted by Gasteiger charge is -2.10. The Morgan fingerprint density at radius 2 is 1.76 bits per heavy atom. The van der Waals surface area contributed by atoms with Crippen LogP contribution in [0.25, 0.3) is 11.1 Å². The molecule has 3 nitrogen and oxygen atoms in total. The maximum atomic E-state index is 11.5. The highest BCUT2D eigenvalue weighted by Crippen LogP contribution is 2.25. The molecule has 0 unspecified atom stereocenters. The summed E-state index contributed by atoms with van der Waals surface area (Å²) in [7, 11) is 0. The first-order chi connectivity index (χ1) is 10.1. The van der Waals surface area contributed by atoms with Gasteiger partial charge in [0, 0.05) is 11.1 Å². The molecule has 0 amide bonds. The molecule has 2 rings (SSSR count). The molecule has 0 aliphatic carbocycles. The minimum Gasteiger partial charge on any atom is -0.392 e. The standard InChI is InChI=1S/C18H18O3/c1-3-13-4-5-14(8-16(13)10-19)15-6-7-18(12(2)21)17(9-15)11-20/h4-9,11,19H,3,10H2,1-2H3. The van der Waals surface area contributed by atoms with Crippen molar-refractivity contribution in [3.05, 3.63) is 58.7 Å². The van der Waals surface area contributed by atoms with Gasteiger partial charge in [-0.2, -0.15) is 0 Å². The number of ketones is 1. The van der Waals surface area contributed by atoms with Crippen LogP contribution in [0.4, 0.5) is 0 Å². The second-order valence-electron chi connectivity index (χ2n) is 4.97. The average molecular weight is 282 g/mol. The number of aliphatic hydroxyl groups excluding tert-OH is 1. The predicted molar refractivity (Wildman–Crippen MR) is 82.6 cm³/mol. The Balaban J connectivity index is 2.52. The number of aryl methyl sites for hydroxylation is 1. The largest absolute Gasteiger partial charge is 0.392 e. The number of aldehydes is 1. The van der Waals surface area contributed by atoms with Gasteiger partial charge in [-0.1, -0.05) is 31.2 Å². The number of Topliss-reactive ketones (excluding diaryl/α,β-unsaturated/α-hetero) is 1. The molecule has 0 spiro atoms. The quantitative estimate of drug-likeness (QED) is 0.675. The normalized spacial score (nSPS) is 10.4. The maximum absolute atomic E-state index is 11.5. The first kappa shape index (κ1) is 15.1. The highest BCUT2D eigenvalue weighted by molar-refractivity contribution is 6.02. The Kier molecular flexibility index (Phi) is 4.66. The SMILES string of the molecule is CCc1ccc(-c2ccc(C(C)=O)c(C=O)c2)cc1CO. The van der Waals surface area contributed by atoms with Crippen molar-refractivity contribution >= 4 is 12.1 Å². The summed E-state index contributed by atoms with van der Waals surface area (Å²) < 4.78 is 0. The van der Waals surface area contributed by atoms with Crippen molar-refractivity contribution in [2.75, 3.05) is 0 Å². The summed E-state index contributed by atoms with van der Waals surface area (Å²) >= 11 is 0. The predicted octanol–water partition coefficient (Wildman–Crippen LogP) is 3.42. The summed E-state index contributed by atoms with van der Waals surface area (Å²) in [6, 6.07) is 11.1. The zero-order valence-electron chi connectivity index (χ0n) is 12.2. The van der Waals surface area contributed by atoms with Gasteiger partial charge in [-0.25, -0.2) is 0 Å². The van der Waals surface area contributed by atoms with E-state index in [-0.39, 0.29) is 12.4 Å². The van der Waals surface area contributed by atoms with E-state index in [1.54, 1.807) is 12.1 Å². The maximum Gasteiger partial charge on any atom is 0.160 e.